The Morgan fingerprint density at radius 1 is 1.50 bits per heavy atom. The lowest BCUT2D eigenvalue weighted by atomic mass is 10.1. The van der Waals surface area contributed by atoms with E-state index in [9.17, 15) is 4.79 Å². The highest BCUT2D eigenvalue weighted by atomic mass is 16.3. The van der Waals surface area contributed by atoms with Gasteiger partial charge in [-0.25, -0.2) is 0 Å². The van der Waals surface area contributed by atoms with Gasteiger partial charge in [0.2, 0.25) is 0 Å². The van der Waals surface area contributed by atoms with Crippen LogP contribution in [-0.4, -0.2) is 47.1 Å². The van der Waals surface area contributed by atoms with Crippen LogP contribution in [0, 0.1) is 11.8 Å². The third kappa shape index (κ3) is 4.65. The van der Waals surface area contributed by atoms with Crippen LogP contribution in [0.15, 0.2) is 18.5 Å². The highest BCUT2D eigenvalue weighted by Crippen LogP contribution is 2.10. The topological polar surface area (TPSA) is 79.5 Å². The molecule has 1 heterocycles. The van der Waals surface area contributed by atoms with Crippen LogP contribution in [0.5, 0.6) is 0 Å². The molecule has 5 heteroatoms. The molecule has 0 aliphatic carbocycles. The second kappa shape index (κ2) is 9.08. The molecule has 0 unspecified atom stereocenters. The predicted octanol–water partition coefficient (Wildman–Crippen LogP) is 0.626. The van der Waals surface area contributed by atoms with E-state index in [1.54, 1.807) is 23.4 Å². The Morgan fingerprint density at radius 3 is 2.95 bits per heavy atom. The summed E-state index contributed by atoms with van der Waals surface area (Å²) in [5, 5.41) is 9.09. The van der Waals surface area contributed by atoms with Crippen LogP contribution in [-0.2, 0) is 0 Å². The molecular formula is C15H21N3O2. The molecule has 1 aromatic heterocycles. The average Bonchev–Trinajstić information content (AvgIpc) is 2.49. The molecule has 108 valence electrons. The molecule has 0 fully saturated rings. The highest BCUT2D eigenvalue weighted by molar-refractivity contribution is 5.96. The summed E-state index contributed by atoms with van der Waals surface area (Å²) in [7, 11) is 0. The summed E-state index contributed by atoms with van der Waals surface area (Å²) < 4.78 is 0. The summed E-state index contributed by atoms with van der Waals surface area (Å²) in [5.41, 5.74) is 6.43. The lowest BCUT2D eigenvalue weighted by Gasteiger charge is -2.22. The largest absolute Gasteiger partial charge is 0.395 e. The first-order valence-electron chi connectivity index (χ1n) is 6.77. The fourth-order valence-corrected chi connectivity index (χ4v) is 1.78. The van der Waals surface area contributed by atoms with Gasteiger partial charge in [-0.2, -0.15) is 0 Å². The zero-order chi connectivity index (χ0) is 14.8. The monoisotopic (exact) mass is 275 g/mol. The number of aromatic nitrogens is 1. The summed E-state index contributed by atoms with van der Waals surface area (Å²) in [6.45, 7) is 3.20. The third-order valence-electron chi connectivity index (χ3n) is 2.82. The predicted molar refractivity (Wildman–Crippen MR) is 78.1 cm³/mol. The van der Waals surface area contributed by atoms with Gasteiger partial charge in [-0.1, -0.05) is 25.2 Å². The van der Waals surface area contributed by atoms with Crippen molar-refractivity contribution >= 4 is 5.91 Å². The number of carbonyl (C=O) groups is 1. The van der Waals surface area contributed by atoms with Crippen molar-refractivity contribution < 1.29 is 9.90 Å². The maximum Gasteiger partial charge on any atom is 0.255 e. The number of unbranched alkanes of at least 4 members (excludes halogenated alkanes) is 1. The summed E-state index contributed by atoms with van der Waals surface area (Å²) in [5.74, 6) is 5.46. The zero-order valence-corrected chi connectivity index (χ0v) is 11.8. The van der Waals surface area contributed by atoms with E-state index >= 15 is 0 Å². The Morgan fingerprint density at radius 2 is 2.30 bits per heavy atom. The number of rotatable bonds is 6. The normalized spacial score (nSPS) is 9.75. The number of amides is 1. The van der Waals surface area contributed by atoms with Crippen molar-refractivity contribution in [3.63, 3.8) is 0 Å². The molecule has 0 saturated heterocycles. The summed E-state index contributed by atoms with van der Waals surface area (Å²) in [4.78, 5) is 18.1. The first-order valence-corrected chi connectivity index (χ1v) is 6.77. The number of carbonyl (C=O) groups excluding carboxylic acids is 1. The van der Waals surface area contributed by atoms with E-state index in [1.165, 1.54) is 0 Å². The van der Waals surface area contributed by atoms with Gasteiger partial charge in [-0.15, -0.1) is 0 Å². The van der Waals surface area contributed by atoms with Crippen molar-refractivity contribution in [1.82, 2.24) is 9.88 Å². The van der Waals surface area contributed by atoms with Gasteiger partial charge in [0.1, 0.15) is 0 Å². The highest BCUT2D eigenvalue weighted by Gasteiger charge is 2.17. The molecule has 0 spiro atoms. The Bertz CT molecular complexity index is 491. The minimum Gasteiger partial charge on any atom is -0.395 e. The molecule has 0 aliphatic heterocycles. The van der Waals surface area contributed by atoms with Crippen LogP contribution >= 0.6 is 0 Å². The Labute approximate surface area is 119 Å². The molecule has 1 rings (SSSR count). The van der Waals surface area contributed by atoms with Gasteiger partial charge in [0.25, 0.3) is 5.91 Å². The number of aliphatic hydroxyl groups excluding tert-OH is 1. The molecule has 0 atom stereocenters. The van der Waals surface area contributed by atoms with Crippen molar-refractivity contribution in [2.45, 2.75) is 19.8 Å². The second-order valence-corrected chi connectivity index (χ2v) is 4.30. The Balaban J connectivity index is 2.98. The van der Waals surface area contributed by atoms with Gasteiger partial charge in [0.05, 0.1) is 24.3 Å². The Kier molecular flexibility index (Phi) is 7.33. The molecule has 5 nitrogen and oxygen atoms in total. The molecule has 0 aliphatic rings. The van der Waals surface area contributed by atoms with Gasteiger partial charge in [-0.3, -0.25) is 9.78 Å². The molecule has 1 aromatic rings. The third-order valence-corrected chi connectivity index (χ3v) is 2.82. The number of hydrogen-bond acceptors (Lipinski definition) is 4. The molecule has 1 amide bonds. The van der Waals surface area contributed by atoms with E-state index in [2.05, 4.69) is 23.7 Å². The van der Waals surface area contributed by atoms with Crippen molar-refractivity contribution in [1.29, 1.82) is 0 Å². The van der Waals surface area contributed by atoms with Crippen LogP contribution in [0.2, 0.25) is 0 Å². The standard InChI is InChI=1S/C15H21N3O2/c1-2-3-9-18(10-11-19)15(20)14-6-8-17-12-13(14)5-4-7-16/h6,8,12,19H,2-3,7,9-11,16H2,1H3. The average molecular weight is 275 g/mol. The van der Waals surface area contributed by atoms with E-state index in [0.717, 1.165) is 12.8 Å². The van der Waals surface area contributed by atoms with Gasteiger partial charge in [-0.05, 0) is 12.5 Å². The number of nitrogens with two attached hydrogens (primary N) is 1. The first kappa shape index (κ1) is 16.2. The number of hydrogen-bond donors (Lipinski definition) is 2. The van der Waals surface area contributed by atoms with Gasteiger partial charge in [0.15, 0.2) is 0 Å². The maximum absolute atomic E-state index is 12.5. The molecule has 0 saturated carbocycles. The SMILES string of the molecule is CCCCN(CCO)C(=O)c1ccncc1C#CCN. The Hall–Kier alpha value is -1.90. The van der Waals surface area contributed by atoms with Gasteiger partial charge < -0.3 is 15.7 Å². The van der Waals surface area contributed by atoms with Crippen LogP contribution in [0.3, 0.4) is 0 Å². The summed E-state index contributed by atoms with van der Waals surface area (Å²) >= 11 is 0. The summed E-state index contributed by atoms with van der Waals surface area (Å²) in [6.07, 6.45) is 5.02. The van der Waals surface area contributed by atoms with Crippen molar-refractivity contribution in [3.8, 4) is 11.8 Å². The number of nitrogens with zero attached hydrogens (tertiary/aromatic N) is 2. The zero-order valence-electron chi connectivity index (χ0n) is 11.8. The molecule has 0 bridgehead atoms. The molecule has 0 radical (unpaired) electrons. The van der Waals surface area contributed by atoms with Crippen molar-refractivity contribution in [3.05, 3.63) is 29.6 Å². The van der Waals surface area contributed by atoms with E-state index in [4.69, 9.17) is 10.8 Å². The quantitative estimate of drug-likeness (QED) is 0.746. The van der Waals surface area contributed by atoms with Crippen molar-refractivity contribution in [2.75, 3.05) is 26.2 Å². The van der Waals surface area contributed by atoms with Gasteiger partial charge in [0, 0.05) is 25.5 Å². The smallest absolute Gasteiger partial charge is 0.255 e. The van der Waals surface area contributed by atoms with E-state index in [1.807, 2.05) is 0 Å². The van der Waals surface area contributed by atoms with E-state index in [-0.39, 0.29) is 19.1 Å². The minimum absolute atomic E-state index is 0.0512. The fourth-order valence-electron chi connectivity index (χ4n) is 1.78. The minimum atomic E-state index is -0.128. The van der Waals surface area contributed by atoms with E-state index in [0.29, 0.717) is 24.2 Å². The second-order valence-electron chi connectivity index (χ2n) is 4.30. The van der Waals surface area contributed by atoms with Gasteiger partial charge >= 0.3 is 0 Å². The van der Waals surface area contributed by atoms with Crippen LogP contribution in [0.1, 0.15) is 35.7 Å². The van der Waals surface area contributed by atoms with Crippen LogP contribution in [0.4, 0.5) is 0 Å². The van der Waals surface area contributed by atoms with Crippen molar-refractivity contribution in [2.24, 2.45) is 5.73 Å². The molecular weight excluding hydrogens is 254 g/mol. The molecule has 20 heavy (non-hydrogen) atoms. The summed E-state index contributed by atoms with van der Waals surface area (Å²) in [6, 6.07) is 1.65. The van der Waals surface area contributed by atoms with E-state index < -0.39 is 0 Å². The van der Waals surface area contributed by atoms with Crippen LogP contribution < -0.4 is 5.73 Å². The first-order chi connectivity index (χ1) is 9.74. The maximum atomic E-state index is 12.5. The lowest BCUT2D eigenvalue weighted by molar-refractivity contribution is 0.0719. The molecule has 3 N–H and O–H groups in total. The van der Waals surface area contributed by atoms with Crippen LogP contribution in [0.25, 0.3) is 0 Å². The number of pyridine rings is 1. The molecule has 0 aromatic carbocycles. The fraction of sp³-hybridized carbons (Fsp3) is 0.467. The number of aliphatic hydroxyl groups is 1. The lowest BCUT2D eigenvalue weighted by Crippen LogP contribution is -2.34.